The van der Waals surface area contributed by atoms with Crippen molar-refractivity contribution in [1.82, 2.24) is 9.97 Å². The molecule has 0 aliphatic heterocycles. The van der Waals surface area contributed by atoms with E-state index in [9.17, 15) is 8.42 Å². The summed E-state index contributed by atoms with van der Waals surface area (Å²) in [5.41, 5.74) is 2.48. The van der Waals surface area contributed by atoms with E-state index in [1.165, 1.54) is 12.8 Å². The average molecular weight is 397 g/mol. The number of nitrogens with one attached hydrogen (secondary N) is 2. The van der Waals surface area contributed by atoms with E-state index in [1.54, 1.807) is 6.92 Å². The maximum absolute atomic E-state index is 11.8. The maximum atomic E-state index is 11.8. The van der Waals surface area contributed by atoms with Crippen molar-refractivity contribution in [1.29, 1.82) is 0 Å². The molecule has 2 aromatic carbocycles. The lowest BCUT2D eigenvalue weighted by atomic mass is 10.2. The number of aromatic nitrogens is 2. The molecule has 1 heterocycles. The maximum Gasteiger partial charge on any atom is 0.229 e. The molecule has 3 aromatic rings. The molecule has 146 valence electrons. The molecular weight excluding hydrogens is 372 g/mol. The van der Waals surface area contributed by atoms with Crippen molar-refractivity contribution in [2.75, 3.05) is 22.9 Å². The fourth-order valence-electron chi connectivity index (χ4n) is 3.00. The Morgan fingerprint density at radius 1 is 1.04 bits per heavy atom. The molecule has 0 radical (unpaired) electrons. The molecule has 0 unspecified atom stereocenters. The molecular formula is C21H24N4O2S. The van der Waals surface area contributed by atoms with Crippen LogP contribution in [0.25, 0.3) is 10.9 Å². The fourth-order valence-corrected chi connectivity index (χ4v) is 3.90. The average Bonchev–Trinajstić information content (AvgIpc) is 3.52. The zero-order valence-electron chi connectivity index (χ0n) is 15.9. The standard InChI is InChI=1S/C21H24N4O2S/c1-2-28(26,27)14-16-9-11-17(12-10-16)23-21-24-19-6-4-3-5-18(19)20(25-21)22-13-15-7-8-15/h3-6,9-12,15H,2,7-8,13-14H2,1H3,(H2,22,23,24,25). The van der Waals surface area contributed by atoms with E-state index >= 15 is 0 Å². The molecule has 0 atom stereocenters. The molecule has 6 nitrogen and oxygen atoms in total. The number of fused-ring (bicyclic) bond motifs is 1. The van der Waals surface area contributed by atoms with E-state index in [2.05, 4.69) is 20.6 Å². The van der Waals surface area contributed by atoms with Gasteiger partial charge in [-0.15, -0.1) is 0 Å². The van der Waals surface area contributed by atoms with Crippen molar-refractivity contribution < 1.29 is 8.42 Å². The van der Waals surface area contributed by atoms with Crippen molar-refractivity contribution in [3.63, 3.8) is 0 Å². The van der Waals surface area contributed by atoms with Gasteiger partial charge in [0.2, 0.25) is 5.95 Å². The highest BCUT2D eigenvalue weighted by Gasteiger charge is 2.21. The van der Waals surface area contributed by atoms with Crippen molar-refractivity contribution in [2.24, 2.45) is 5.92 Å². The van der Waals surface area contributed by atoms with Crippen LogP contribution in [0.1, 0.15) is 25.3 Å². The number of benzene rings is 2. The second-order valence-electron chi connectivity index (χ2n) is 7.24. The highest BCUT2D eigenvalue weighted by atomic mass is 32.2. The molecule has 28 heavy (non-hydrogen) atoms. The Kier molecular flexibility index (Phi) is 5.17. The summed E-state index contributed by atoms with van der Waals surface area (Å²) in [5, 5.41) is 7.70. The minimum Gasteiger partial charge on any atom is -0.369 e. The second-order valence-corrected chi connectivity index (χ2v) is 9.59. The topological polar surface area (TPSA) is 84.0 Å². The molecule has 1 fully saturated rings. The van der Waals surface area contributed by atoms with Gasteiger partial charge < -0.3 is 10.6 Å². The SMILES string of the molecule is CCS(=O)(=O)Cc1ccc(Nc2nc(NCC3CC3)c3ccccc3n2)cc1. The lowest BCUT2D eigenvalue weighted by Crippen LogP contribution is -2.08. The molecule has 1 aliphatic rings. The van der Waals surface area contributed by atoms with E-state index in [0.29, 0.717) is 5.95 Å². The molecule has 1 aromatic heterocycles. The van der Waals surface area contributed by atoms with Gasteiger partial charge in [-0.05, 0) is 48.6 Å². The van der Waals surface area contributed by atoms with Crippen molar-refractivity contribution in [2.45, 2.75) is 25.5 Å². The molecule has 2 N–H and O–H groups in total. The van der Waals surface area contributed by atoms with E-state index in [-0.39, 0.29) is 11.5 Å². The van der Waals surface area contributed by atoms with E-state index in [4.69, 9.17) is 0 Å². The minimum absolute atomic E-state index is 0.0610. The van der Waals surface area contributed by atoms with Crippen LogP contribution < -0.4 is 10.6 Å². The first-order valence-electron chi connectivity index (χ1n) is 9.59. The number of para-hydroxylation sites is 1. The van der Waals surface area contributed by atoms with E-state index in [0.717, 1.165) is 40.4 Å². The summed E-state index contributed by atoms with van der Waals surface area (Å²) >= 11 is 0. The zero-order chi connectivity index (χ0) is 19.6. The zero-order valence-corrected chi connectivity index (χ0v) is 16.7. The monoisotopic (exact) mass is 396 g/mol. The van der Waals surface area contributed by atoms with Crippen LogP contribution in [0, 0.1) is 5.92 Å². The van der Waals surface area contributed by atoms with Crippen LogP contribution in [0.2, 0.25) is 0 Å². The summed E-state index contributed by atoms with van der Waals surface area (Å²) in [6.45, 7) is 2.60. The van der Waals surface area contributed by atoms with Crippen LogP contribution in [0.15, 0.2) is 48.5 Å². The van der Waals surface area contributed by atoms with E-state index in [1.807, 2.05) is 48.5 Å². The minimum atomic E-state index is -3.04. The highest BCUT2D eigenvalue weighted by Crippen LogP contribution is 2.30. The third-order valence-corrected chi connectivity index (χ3v) is 6.55. The number of rotatable bonds is 8. The van der Waals surface area contributed by atoms with Gasteiger partial charge in [0.1, 0.15) is 5.82 Å². The molecule has 4 rings (SSSR count). The molecule has 1 aliphatic carbocycles. The van der Waals surface area contributed by atoms with Gasteiger partial charge in [0, 0.05) is 23.4 Å². The first-order valence-corrected chi connectivity index (χ1v) is 11.4. The largest absolute Gasteiger partial charge is 0.369 e. The molecule has 0 bridgehead atoms. The normalized spacial score (nSPS) is 14.2. The molecule has 0 amide bonds. The Balaban J connectivity index is 1.55. The van der Waals surface area contributed by atoms with E-state index < -0.39 is 9.84 Å². The Labute approximate surface area is 165 Å². The fraction of sp³-hybridized carbons (Fsp3) is 0.333. The number of hydrogen-bond acceptors (Lipinski definition) is 6. The van der Waals surface area contributed by atoms with Crippen LogP contribution in [0.3, 0.4) is 0 Å². The number of hydrogen-bond donors (Lipinski definition) is 2. The molecule has 7 heteroatoms. The van der Waals surface area contributed by atoms with Crippen molar-refractivity contribution in [3.8, 4) is 0 Å². The first kappa shape index (κ1) is 18.7. The summed E-state index contributed by atoms with van der Waals surface area (Å²) in [7, 11) is -3.04. The van der Waals surface area contributed by atoms with Gasteiger partial charge in [0.15, 0.2) is 9.84 Å². The van der Waals surface area contributed by atoms with Crippen LogP contribution in [0.4, 0.5) is 17.5 Å². The van der Waals surface area contributed by atoms with Gasteiger partial charge in [-0.2, -0.15) is 4.98 Å². The van der Waals surface area contributed by atoms with Gasteiger partial charge in [-0.1, -0.05) is 31.2 Å². The van der Waals surface area contributed by atoms with Gasteiger partial charge >= 0.3 is 0 Å². The summed E-state index contributed by atoms with van der Waals surface area (Å²) in [4.78, 5) is 9.27. The molecule has 0 spiro atoms. The predicted octanol–water partition coefficient (Wildman–Crippen LogP) is 4.13. The Morgan fingerprint density at radius 2 is 1.79 bits per heavy atom. The van der Waals surface area contributed by atoms with Gasteiger partial charge in [-0.3, -0.25) is 0 Å². The summed E-state index contributed by atoms with van der Waals surface area (Å²) in [6.07, 6.45) is 2.56. The van der Waals surface area contributed by atoms with Gasteiger partial charge in [0.05, 0.1) is 11.3 Å². The quantitative estimate of drug-likeness (QED) is 0.596. The smallest absolute Gasteiger partial charge is 0.229 e. The Morgan fingerprint density at radius 3 is 2.50 bits per heavy atom. The lowest BCUT2D eigenvalue weighted by Gasteiger charge is -2.12. The summed E-state index contributed by atoms with van der Waals surface area (Å²) in [5.74, 6) is 2.31. The van der Waals surface area contributed by atoms with Crippen LogP contribution in [-0.2, 0) is 15.6 Å². The van der Waals surface area contributed by atoms with Crippen LogP contribution in [-0.4, -0.2) is 30.7 Å². The first-order chi connectivity index (χ1) is 13.5. The molecule has 1 saturated carbocycles. The lowest BCUT2D eigenvalue weighted by molar-refractivity contribution is 0.596. The van der Waals surface area contributed by atoms with Gasteiger partial charge in [0.25, 0.3) is 0 Å². The number of sulfone groups is 1. The van der Waals surface area contributed by atoms with Crippen molar-refractivity contribution in [3.05, 3.63) is 54.1 Å². The predicted molar refractivity (Wildman–Crippen MR) is 114 cm³/mol. The highest BCUT2D eigenvalue weighted by molar-refractivity contribution is 7.90. The van der Waals surface area contributed by atoms with Crippen molar-refractivity contribution >= 4 is 38.2 Å². The molecule has 0 saturated heterocycles. The third kappa shape index (κ3) is 4.59. The summed E-state index contributed by atoms with van der Waals surface area (Å²) in [6, 6.07) is 15.3. The van der Waals surface area contributed by atoms with Crippen LogP contribution in [0.5, 0.6) is 0 Å². The Hall–Kier alpha value is -2.67. The Bertz CT molecular complexity index is 1080. The van der Waals surface area contributed by atoms with Crippen LogP contribution >= 0.6 is 0 Å². The second kappa shape index (κ2) is 7.75. The summed E-state index contributed by atoms with van der Waals surface area (Å²) < 4.78 is 23.6. The van der Waals surface area contributed by atoms with Gasteiger partial charge in [-0.25, -0.2) is 13.4 Å². The third-order valence-electron chi connectivity index (χ3n) is 4.89. The number of nitrogens with zero attached hydrogens (tertiary/aromatic N) is 2. The number of anilines is 3.